The van der Waals surface area contributed by atoms with Gasteiger partial charge in [-0.2, -0.15) is 0 Å². The van der Waals surface area contributed by atoms with E-state index in [0.717, 1.165) is 22.2 Å². The molecule has 2 aromatic carbocycles. The highest BCUT2D eigenvalue weighted by atomic mass is 32.2. The van der Waals surface area contributed by atoms with E-state index < -0.39 is 27.8 Å². The van der Waals surface area contributed by atoms with Gasteiger partial charge in [0, 0.05) is 0 Å². The number of rotatable bonds is 8. The van der Waals surface area contributed by atoms with Crippen LogP contribution >= 0.6 is 0 Å². The molecule has 1 N–H and O–H groups in total. The van der Waals surface area contributed by atoms with Gasteiger partial charge < -0.3 is 10.1 Å². The number of halogens is 1. The molecule has 28 heavy (non-hydrogen) atoms. The van der Waals surface area contributed by atoms with Crippen LogP contribution in [0.1, 0.15) is 31.9 Å². The number of sulfonamides is 1. The summed E-state index contributed by atoms with van der Waals surface area (Å²) in [6.07, 6.45) is 1.60. The molecular weight excluding hydrogens is 383 g/mol. The van der Waals surface area contributed by atoms with Crippen LogP contribution in [0.4, 0.5) is 10.1 Å². The number of nitrogens with zero attached hydrogens (tertiary/aromatic N) is 1. The summed E-state index contributed by atoms with van der Waals surface area (Å²) in [7, 11) is -2.23. The van der Waals surface area contributed by atoms with Crippen molar-refractivity contribution in [2.45, 2.75) is 32.4 Å². The molecule has 0 bridgehead atoms. The van der Waals surface area contributed by atoms with E-state index in [2.05, 4.69) is 5.32 Å². The zero-order chi connectivity index (χ0) is 20.9. The average Bonchev–Trinajstić information content (AvgIpc) is 2.65. The Labute approximate surface area is 165 Å². The Kier molecular flexibility index (Phi) is 7.01. The van der Waals surface area contributed by atoms with Crippen LogP contribution in [0.3, 0.4) is 0 Å². The molecule has 1 amide bonds. The number of anilines is 1. The monoisotopic (exact) mass is 408 g/mol. The first-order valence-corrected chi connectivity index (χ1v) is 10.7. The van der Waals surface area contributed by atoms with Gasteiger partial charge in [-0.15, -0.1) is 0 Å². The lowest BCUT2D eigenvalue weighted by molar-refractivity contribution is -0.122. The lowest BCUT2D eigenvalue weighted by atomic mass is 10.0. The van der Waals surface area contributed by atoms with Crippen molar-refractivity contribution in [2.24, 2.45) is 0 Å². The number of amides is 1. The van der Waals surface area contributed by atoms with Crippen molar-refractivity contribution in [1.82, 2.24) is 5.32 Å². The van der Waals surface area contributed by atoms with Gasteiger partial charge in [-0.3, -0.25) is 9.10 Å². The van der Waals surface area contributed by atoms with E-state index in [1.165, 1.54) is 25.1 Å². The molecule has 0 aliphatic rings. The molecule has 0 fully saturated rings. The molecule has 6 nitrogen and oxygen atoms in total. The van der Waals surface area contributed by atoms with Crippen molar-refractivity contribution in [1.29, 1.82) is 0 Å². The maximum absolute atomic E-state index is 13.6. The summed E-state index contributed by atoms with van der Waals surface area (Å²) in [5.41, 5.74) is 0.975. The van der Waals surface area contributed by atoms with Crippen molar-refractivity contribution >= 4 is 21.6 Å². The Morgan fingerprint density at radius 3 is 2.36 bits per heavy atom. The minimum absolute atomic E-state index is 0.0997. The zero-order valence-electron chi connectivity index (χ0n) is 16.3. The predicted molar refractivity (Wildman–Crippen MR) is 107 cm³/mol. The number of ether oxygens (including phenoxy) is 1. The van der Waals surface area contributed by atoms with Crippen LogP contribution in [0.2, 0.25) is 0 Å². The summed E-state index contributed by atoms with van der Waals surface area (Å²) in [4.78, 5) is 12.8. The van der Waals surface area contributed by atoms with E-state index in [1.807, 2.05) is 19.1 Å². The smallest absolute Gasteiger partial charge is 0.244 e. The molecule has 0 aliphatic carbocycles. The number of benzene rings is 2. The van der Waals surface area contributed by atoms with E-state index in [0.29, 0.717) is 12.2 Å². The van der Waals surface area contributed by atoms with Gasteiger partial charge in [-0.05, 0) is 49.2 Å². The molecule has 0 aromatic heterocycles. The largest absolute Gasteiger partial charge is 0.497 e. The van der Waals surface area contributed by atoms with Gasteiger partial charge in [0.2, 0.25) is 15.9 Å². The van der Waals surface area contributed by atoms with E-state index in [-0.39, 0.29) is 11.7 Å². The number of methoxy groups -OCH3 is 1. The molecule has 2 rings (SSSR count). The van der Waals surface area contributed by atoms with Gasteiger partial charge in [0.15, 0.2) is 0 Å². The summed E-state index contributed by atoms with van der Waals surface area (Å²) in [6.45, 7) is 3.39. The Morgan fingerprint density at radius 1 is 1.21 bits per heavy atom. The van der Waals surface area contributed by atoms with Crippen LogP contribution in [0.15, 0.2) is 48.5 Å². The summed E-state index contributed by atoms with van der Waals surface area (Å²) in [5.74, 6) is -0.353. The first-order valence-electron chi connectivity index (χ1n) is 8.86. The standard InChI is InChI=1S/C20H25FN2O4S/c1-5-19(15-9-11-18(27-3)12-10-15)22-20(24)14(2)23(28(4,25)26)17-8-6-7-16(21)13-17/h6-14,19H,5H2,1-4H3,(H,22,24)/t14-,19-/m0/s1. The summed E-state index contributed by atoms with van der Waals surface area (Å²) >= 11 is 0. The highest BCUT2D eigenvalue weighted by Crippen LogP contribution is 2.24. The fraction of sp³-hybridized carbons (Fsp3) is 0.350. The van der Waals surface area contributed by atoms with Crippen molar-refractivity contribution in [3.05, 3.63) is 59.9 Å². The van der Waals surface area contributed by atoms with Crippen LogP contribution in [0.5, 0.6) is 5.75 Å². The van der Waals surface area contributed by atoms with Gasteiger partial charge in [0.05, 0.1) is 25.1 Å². The molecular formula is C20H25FN2O4S. The fourth-order valence-corrected chi connectivity index (χ4v) is 4.14. The molecule has 8 heteroatoms. The third-order valence-corrected chi connectivity index (χ3v) is 5.64. The van der Waals surface area contributed by atoms with Gasteiger partial charge in [-0.1, -0.05) is 25.1 Å². The highest BCUT2D eigenvalue weighted by molar-refractivity contribution is 7.92. The quantitative estimate of drug-likeness (QED) is 0.728. The predicted octanol–water partition coefficient (Wildman–Crippen LogP) is 3.26. The maximum Gasteiger partial charge on any atom is 0.244 e. The molecule has 2 aromatic rings. The Morgan fingerprint density at radius 2 is 1.86 bits per heavy atom. The molecule has 152 valence electrons. The maximum atomic E-state index is 13.6. The number of hydrogen-bond donors (Lipinski definition) is 1. The van der Waals surface area contributed by atoms with Crippen LogP contribution in [-0.2, 0) is 14.8 Å². The molecule has 0 aliphatic heterocycles. The number of carbonyl (C=O) groups is 1. The van der Waals surface area contributed by atoms with Gasteiger partial charge in [0.1, 0.15) is 17.6 Å². The second kappa shape index (κ2) is 9.05. The second-order valence-corrected chi connectivity index (χ2v) is 8.32. The summed E-state index contributed by atoms with van der Waals surface area (Å²) in [5, 5.41) is 2.88. The minimum atomic E-state index is -3.81. The zero-order valence-corrected chi connectivity index (χ0v) is 17.2. The third kappa shape index (κ3) is 5.22. The molecule has 0 radical (unpaired) electrons. The van der Waals surface area contributed by atoms with E-state index in [4.69, 9.17) is 4.74 Å². The van der Waals surface area contributed by atoms with Crippen molar-refractivity contribution in [3.8, 4) is 5.75 Å². The van der Waals surface area contributed by atoms with Crippen LogP contribution in [0.25, 0.3) is 0 Å². The normalized spacial score (nSPS) is 13.5. The van der Waals surface area contributed by atoms with Crippen molar-refractivity contribution in [2.75, 3.05) is 17.7 Å². The average molecular weight is 408 g/mol. The number of hydrogen-bond acceptors (Lipinski definition) is 4. The van der Waals surface area contributed by atoms with Crippen molar-refractivity contribution < 1.29 is 22.3 Å². The summed E-state index contributed by atoms with van der Waals surface area (Å²) < 4.78 is 44.2. The van der Waals surface area contributed by atoms with Crippen LogP contribution < -0.4 is 14.4 Å². The fourth-order valence-electron chi connectivity index (χ4n) is 2.97. The second-order valence-electron chi connectivity index (χ2n) is 6.46. The molecule has 0 saturated carbocycles. The Bertz CT molecular complexity index is 916. The van der Waals surface area contributed by atoms with Gasteiger partial charge in [-0.25, -0.2) is 12.8 Å². The number of nitrogens with one attached hydrogen (secondary N) is 1. The topological polar surface area (TPSA) is 75.7 Å². The SMILES string of the molecule is CC[C@H](NC(=O)[C@H](C)N(c1cccc(F)c1)S(C)(=O)=O)c1ccc(OC)cc1. The summed E-state index contributed by atoms with van der Waals surface area (Å²) in [6, 6.07) is 11.1. The lowest BCUT2D eigenvalue weighted by Gasteiger charge is -2.29. The molecule has 0 heterocycles. The van der Waals surface area contributed by atoms with Gasteiger partial charge >= 0.3 is 0 Å². The third-order valence-electron chi connectivity index (χ3n) is 4.39. The lowest BCUT2D eigenvalue weighted by Crippen LogP contribution is -2.48. The molecule has 0 spiro atoms. The number of carbonyl (C=O) groups excluding carboxylic acids is 1. The first-order chi connectivity index (χ1) is 13.2. The van der Waals surface area contributed by atoms with Crippen LogP contribution in [-0.4, -0.2) is 33.7 Å². The minimum Gasteiger partial charge on any atom is -0.497 e. The van der Waals surface area contributed by atoms with Crippen molar-refractivity contribution in [3.63, 3.8) is 0 Å². The highest BCUT2D eigenvalue weighted by Gasteiger charge is 2.30. The molecule has 0 unspecified atom stereocenters. The van der Waals surface area contributed by atoms with Gasteiger partial charge in [0.25, 0.3) is 0 Å². The van der Waals surface area contributed by atoms with Crippen LogP contribution in [0, 0.1) is 5.82 Å². The Hall–Kier alpha value is -2.61. The molecule has 0 saturated heterocycles. The van der Waals surface area contributed by atoms with E-state index >= 15 is 0 Å². The van der Waals surface area contributed by atoms with E-state index in [1.54, 1.807) is 19.2 Å². The molecule has 2 atom stereocenters. The van der Waals surface area contributed by atoms with E-state index in [9.17, 15) is 17.6 Å². The first kappa shape index (κ1) is 21.7. The Balaban J connectivity index is 2.26.